The molecule has 0 amide bonds. The predicted molar refractivity (Wildman–Crippen MR) is 59.2 cm³/mol. The molecule has 0 aliphatic rings. The first-order valence-corrected chi connectivity index (χ1v) is 5.12. The second-order valence-electron chi connectivity index (χ2n) is 3.29. The van der Waals surface area contributed by atoms with E-state index in [9.17, 15) is 4.39 Å². The number of ether oxygens (including phenoxy) is 1. The molecule has 0 heterocycles. The average Bonchev–Trinajstić information content (AvgIpc) is 2.29. The van der Waals surface area contributed by atoms with E-state index in [4.69, 9.17) is 14.9 Å². The maximum absolute atomic E-state index is 13.0. The van der Waals surface area contributed by atoms with Crippen molar-refractivity contribution in [3.63, 3.8) is 0 Å². The molecule has 0 bridgehead atoms. The van der Waals surface area contributed by atoms with Crippen LogP contribution in [0.3, 0.4) is 0 Å². The van der Waals surface area contributed by atoms with Crippen LogP contribution in [0.1, 0.15) is 6.92 Å². The van der Waals surface area contributed by atoms with Gasteiger partial charge in [0.05, 0.1) is 25.0 Å². The number of benzene rings is 1. The second-order valence-corrected chi connectivity index (χ2v) is 3.29. The van der Waals surface area contributed by atoms with Crippen LogP contribution in [0.5, 0.6) is 5.75 Å². The average molecular weight is 229 g/mol. The first-order chi connectivity index (χ1) is 7.67. The Balaban J connectivity index is 2.71. The first kappa shape index (κ1) is 12.7. The fourth-order valence-corrected chi connectivity index (χ4v) is 1.21. The highest BCUT2D eigenvalue weighted by Gasteiger charge is 2.07. The van der Waals surface area contributed by atoms with Gasteiger partial charge in [0, 0.05) is 12.6 Å². The number of anilines is 1. The molecule has 90 valence electrons. The normalized spacial score (nSPS) is 12.2. The zero-order chi connectivity index (χ0) is 12.0. The number of halogens is 1. The van der Waals surface area contributed by atoms with Crippen molar-refractivity contribution in [3.05, 3.63) is 24.0 Å². The van der Waals surface area contributed by atoms with E-state index in [0.717, 1.165) is 0 Å². The Bertz CT molecular complexity index is 333. The molecule has 5 heteroatoms. The summed E-state index contributed by atoms with van der Waals surface area (Å²) in [5.41, 5.74) is 0.467. The molecule has 3 N–H and O–H groups in total. The van der Waals surface area contributed by atoms with Crippen molar-refractivity contribution in [2.45, 2.75) is 13.0 Å². The SMILES string of the molecule is CCOc1ccc(F)cc1NCC(O)CO. The molecule has 0 aliphatic heterocycles. The van der Waals surface area contributed by atoms with Gasteiger partial charge in [0.25, 0.3) is 0 Å². The summed E-state index contributed by atoms with van der Waals surface area (Å²) in [7, 11) is 0. The fourth-order valence-electron chi connectivity index (χ4n) is 1.21. The molecule has 1 aromatic rings. The van der Waals surface area contributed by atoms with Gasteiger partial charge >= 0.3 is 0 Å². The zero-order valence-corrected chi connectivity index (χ0v) is 9.11. The van der Waals surface area contributed by atoms with E-state index >= 15 is 0 Å². The van der Waals surface area contributed by atoms with Crippen molar-refractivity contribution < 1.29 is 19.3 Å². The summed E-state index contributed by atoms with van der Waals surface area (Å²) in [6, 6.07) is 4.11. The summed E-state index contributed by atoms with van der Waals surface area (Å²) in [4.78, 5) is 0. The van der Waals surface area contributed by atoms with Gasteiger partial charge in [-0.05, 0) is 19.1 Å². The minimum atomic E-state index is -0.877. The predicted octanol–water partition coefficient (Wildman–Crippen LogP) is 0.989. The molecule has 0 aliphatic carbocycles. The van der Waals surface area contributed by atoms with E-state index in [0.29, 0.717) is 18.0 Å². The van der Waals surface area contributed by atoms with E-state index in [1.54, 1.807) is 0 Å². The van der Waals surface area contributed by atoms with Crippen molar-refractivity contribution in [3.8, 4) is 5.75 Å². The molecular formula is C11H16FNO3. The first-order valence-electron chi connectivity index (χ1n) is 5.12. The highest BCUT2D eigenvalue weighted by Crippen LogP contribution is 2.25. The zero-order valence-electron chi connectivity index (χ0n) is 9.11. The third-order valence-electron chi connectivity index (χ3n) is 1.98. The van der Waals surface area contributed by atoms with Crippen molar-refractivity contribution >= 4 is 5.69 Å². The number of rotatable bonds is 6. The number of hydrogen-bond donors (Lipinski definition) is 3. The Hall–Kier alpha value is -1.33. The van der Waals surface area contributed by atoms with E-state index < -0.39 is 6.10 Å². The summed E-state index contributed by atoms with van der Waals surface area (Å²) >= 11 is 0. The summed E-state index contributed by atoms with van der Waals surface area (Å²) in [5, 5.41) is 20.6. The molecule has 1 aromatic carbocycles. The van der Waals surface area contributed by atoms with Crippen molar-refractivity contribution in [1.82, 2.24) is 0 Å². The lowest BCUT2D eigenvalue weighted by atomic mass is 10.2. The molecule has 16 heavy (non-hydrogen) atoms. The maximum atomic E-state index is 13.0. The van der Waals surface area contributed by atoms with Gasteiger partial charge in [0.15, 0.2) is 0 Å². The maximum Gasteiger partial charge on any atom is 0.142 e. The Labute approximate surface area is 93.7 Å². The van der Waals surface area contributed by atoms with Crippen LogP contribution in [0.25, 0.3) is 0 Å². The monoisotopic (exact) mass is 229 g/mol. The minimum absolute atomic E-state index is 0.139. The lowest BCUT2D eigenvalue weighted by Crippen LogP contribution is -2.23. The highest BCUT2D eigenvalue weighted by atomic mass is 19.1. The Morgan fingerprint density at radius 2 is 2.25 bits per heavy atom. The molecule has 1 rings (SSSR count). The van der Waals surface area contributed by atoms with Gasteiger partial charge in [0.1, 0.15) is 11.6 Å². The van der Waals surface area contributed by atoms with E-state index in [-0.39, 0.29) is 19.0 Å². The van der Waals surface area contributed by atoms with Crippen molar-refractivity contribution in [2.24, 2.45) is 0 Å². The molecule has 1 atom stereocenters. The molecule has 0 radical (unpaired) electrons. The molecule has 0 fully saturated rings. The van der Waals surface area contributed by atoms with Crippen LogP contribution in [0.2, 0.25) is 0 Å². The molecular weight excluding hydrogens is 213 g/mol. The molecule has 1 unspecified atom stereocenters. The third-order valence-corrected chi connectivity index (χ3v) is 1.98. The van der Waals surface area contributed by atoms with E-state index in [1.165, 1.54) is 18.2 Å². The quantitative estimate of drug-likeness (QED) is 0.680. The van der Waals surface area contributed by atoms with Crippen LogP contribution in [-0.4, -0.2) is 36.1 Å². The van der Waals surface area contributed by atoms with Crippen LogP contribution in [0.15, 0.2) is 18.2 Å². The Kier molecular flexibility index (Phi) is 5.01. The fraction of sp³-hybridized carbons (Fsp3) is 0.455. The van der Waals surface area contributed by atoms with Crippen molar-refractivity contribution in [1.29, 1.82) is 0 Å². The lowest BCUT2D eigenvalue weighted by molar-refractivity contribution is 0.105. The molecule has 4 nitrogen and oxygen atoms in total. The van der Waals surface area contributed by atoms with E-state index in [2.05, 4.69) is 5.32 Å². The Morgan fingerprint density at radius 3 is 2.88 bits per heavy atom. The number of nitrogens with one attached hydrogen (secondary N) is 1. The topological polar surface area (TPSA) is 61.7 Å². The summed E-state index contributed by atoms with van der Waals surface area (Å²) in [5.74, 6) is 0.137. The summed E-state index contributed by atoms with van der Waals surface area (Å²) < 4.78 is 18.3. The molecule has 0 spiro atoms. The van der Waals surface area contributed by atoms with Crippen LogP contribution in [-0.2, 0) is 0 Å². The lowest BCUT2D eigenvalue weighted by Gasteiger charge is -2.14. The summed E-state index contributed by atoms with van der Waals surface area (Å²) in [6.45, 7) is 2.10. The van der Waals surface area contributed by atoms with Crippen LogP contribution >= 0.6 is 0 Å². The van der Waals surface area contributed by atoms with Gasteiger partial charge in [-0.15, -0.1) is 0 Å². The molecule has 0 aromatic heterocycles. The third kappa shape index (κ3) is 3.67. The van der Waals surface area contributed by atoms with Gasteiger partial charge in [-0.25, -0.2) is 4.39 Å². The van der Waals surface area contributed by atoms with Crippen LogP contribution < -0.4 is 10.1 Å². The number of aliphatic hydroxyl groups excluding tert-OH is 2. The van der Waals surface area contributed by atoms with E-state index in [1.807, 2.05) is 6.92 Å². The number of hydrogen-bond acceptors (Lipinski definition) is 4. The smallest absolute Gasteiger partial charge is 0.142 e. The summed E-state index contributed by atoms with van der Waals surface area (Å²) in [6.07, 6.45) is -0.877. The van der Waals surface area contributed by atoms with Crippen LogP contribution in [0, 0.1) is 5.82 Å². The minimum Gasteiger partial charge on any atom is -0.492 e. The van der Waals surface area contributed by atoms with Crippen molar-refractivity contribution in [2.75, 3.05) is 25.1 Å². The van der Waals surface area contributed by atoms with Gasteiger partial charge in [-0.1, -0.05) is 0 Å². The highest BCUT2D eigenvalue weighted by molar-refractivity contribution is 5.56. The van der Waals surface area contributed by atoms with Crippen LogP contribution in [0.4, 0.5) is 10.1 Å². The second kappa shape index (κ2) is 6.30. The number of aliphatic hydroxyl groups is 2. The van der Waals surface area contributed by atoms with Gasteiger partial charge in [-0.2, -0.15) is 0 Å². The standard InChI is InChI=1S/C11H16FNO3/c1-2-16-11-4-3-8(12)5-10(11)13-6-9(15)7-14/h3-5,9,13-15H,2,6-7H2,1H3. The van der Waals surface area contributed by atoms with Gasteiger partial charge in [0.2, 0.25) is 0 Å². The Morgan fingerprint density at radius 1 is 1.50 bits per heavy atom. The van der Waals surface area contributed by atoms with Gasteiger partial charge < -0.3 is 20.3 Å². The molecule has 0 saturated heterocycles. The largest absolute Gasteiger partial charge is 0.492 e. The van der Waals surface area contributed by atoms with Gasteiger partial charge in [-0.3, -0.25) is 0 Å². The molecule has 0 saturated carbocycles.